The van der Waals surface area contributed by atoms with Gasteiger partial charge in [-0.1, -0.05) is 35.9 Å². The second kappa shape index (κ2) is 8.34. The Labute approximate surface area is 183 Å². The summed E-state index contributed by atoms with van der Waals surface area (Å²) in [4.78, 5) is 17.5. The van der Waals surface area contributed by atoms with Crippen LogP contribution in [0.15, 0.2) is 48.5 Å². The number of hydrogen-bond acceptors (Lipinski definition) is 3. The van der Waals surface area contributed by atoms with E-state index in [1.165, 1.54) is 5.56 Å². The number of anilines is 1. The second-order valence-electron chi connectivity index (χ2n) is 8.20. The number of aromatic nitrogens is 3. The number of fused-ring (bicyclic) bond motifs is 1. The number of amides is 1. The molecule has 0 fully saturated rings. The van der Waals surface area contributed by atoms with Gasteiger partial charge in [-0.25, -0.2) is 9.67 Å². The molecule has 2 aromatic carbocycles. The fourth-order valence-corrected chi connectivity index (χ4v) is 4.10. The normalized spacial score (nSPS) is 11.1. The first-order valence-corrected chi connectivity index (χ1v) is 10.6. The zero-order chi connectivity index (χ0) is 22.1. The van der Waals surface area contributed by atoms with E-state index in [4.69, 9.17) is 10.1 Å². The van der Waals surface area contributed by atoms with E-state index >= 15 is 0 Å². The molecule has 5 nitrogen and oxygen atoms in total. The zero-order valence-electron chi connectivity index (χ0n) is 18.8. The molecule has 4 rings (SSSR count). The first kappa shape index (κ1) is 20.8. The number of nitrogens with zero attached hydrogens (tertiary/aromatic N) is 3. The highest BCUT2D eigenvalue weighted by atomic mass is 16.1. The summed E-state index contributed by atoms with van der Waals surface area (Å²) >= 11 is 0. The van der Waals surface area contributed by atoms with Crippen molar-refractivity contribution in [2.75, 3.05) is 5.32 Å². The van der Waals surface area contributed by atoms with E-state index in [2.05, 4.69) is 43.4 Å². The molecule has 158 valence electrons. The average Bonchev–Trinajstić information content (AvgIpc) is 3.06. The largest absolute Gasteiger partial charge is 0.326 e. The van der Waals surface area contributed by atoms with E-state index in [1.807, 2.05) is 49.7 Å². The number of carbonyl (C=O) groups is 1. The lowest BCUT2D eigenvalue weighted by Gasteiger charge is -2.12. The maximum atomic E-state index is 12.6. The van der Waals surface area contributed by atoms with Gasteiger partial charge in [0.25, 0.3) is 0 Å². The van der Waals surface area contributed by atoms with Gasteiger partial charge in [-0.3, -0.25) is 4.79 Å². The average molecular weight is 413 g/mol. The van der Waals surface area contributed by atoms with Crippen molar-refractivity contribution in [1.29, 1.82) is 0 Å². The fraction of sp³-hybridized carbons (Fsp3) is 0.269. The minimum atomic E-state index is 0.0141. The van der Waals surface area contributed by atoms with Crippen LogP contribution in [-0.4, -0.2) is 20.7 Å². The van der Waals surface area contributed by atoms with Crippen molar-refractivity contribution in [2.24, 2.45) is 0 Å². The Bertz CT molecular complexity index is 1270. The van der Waals surface area contributed by atoms with Crippen LogP contribution in [0.2, 0.25) is 0 Å². The highest BCUT2D eigenvalue weighted by molar-refractivity contribution is 5.92. The summed E-state index contributed by atoms with van der Waals surface area (Å²) in [6, 6.07) is 16.1. The monoisotopic (exact) mass is 412 g/mol. The summed E-state index contributed by atoms with van der Waals surface area (Å²) in [5.41, 5.74) is 9.18. The van der Waals surface area contributed by atoms with Crippen LogP contribution in [0, 0.1) is 34.6 Å². The van der Waals surface area contributed by atoms with Crippen LogP contribution in [0.3, 0.4) is 0 Å². The standard InChI is InChI=1S/C26H28N4O/c1-16-10-12-21(13-11-16)30-26-25(20(5)29-30)18(3)22(19(4)27-26)14-15-24(31)28-23-9-7-6-8-17(23)2/h6-13H,14-15H2,1-5H3,(H,28,31). The van der Waals surface area contributed by atoms with Crippen LogP contribution in [0.25, 0.3) is 16.7 Å². The minimum absolute atomic E-state index is 0.0141. The highest BCUT2D eigenvalue weighted by Crippen LogP contribution is 2.28. The number of pyridine rings is 1. The van der Waals surface area contributed by atoms with E-state index < -0.39 is 0 Å². The first-order chi connectivity index (χ1) is 14.8. The summed E-state index contributed by atoms with van der Waals surface area (Å²) in [6.45, 7) is 10.2. The SMILES string of the molecule is Cc1ccc(-n2nc(C)c3c(C)c(CCC(=O)Nc4ccccc4C)c(C)nc32)cc1. The number of benzene rings is 2. The van der Waals surface area contributed by atoms with Crippen LogP contribution in [0.5, 0.6) is 0 Å². The molecule has 2 heterocycles. The van der Waals surface area contributed by atoms with E-state index in [0.717, 1.165) is 50.5 Å². The van der Waals surface area contributed by atoms with Crippen LogP contribution < -0.4 is 5.32 Å². The summed E-state index contributed by atoms with van der Waals surface area (Å²) in [5, 5.41) is 8.86. The van der Waals surface area contributed by atoms with Gasteiger partial charge in [0.2, 0.25) is 5.91 Å². The van der Waals surface area contributed by atoms with Gasteiger partial charge in [-0.15, -0.1) is 0 Å². The Kier molecular flexibility index (Phi) is 5.59. The number of carbonyl (C=O) groups excluding carboxylic acids is 1. The van der Waals surface area contributed by atoms with Gasteiger partial charge in [0.1, 0.15) is 0 Å². The summed E-state index contributed by atoms with van der Waals surface area (Å²) in [7, 11) is 0. The molecule has 0 bridgehead atoms. The molecule has 0 aliphatic rings. The molecule has 31 heavy (non-hydrogen) atoms. The van der Waals surface area contributed by atoms with Gasteiger partial charge in [-0.2, -0.15) is 5.10 Å². The van der Waals surface area contributed by atoms with Crippen molar-refractivity contribution in [3.8, 4) is 5.69 Å². The molecule has 2 aromatic heterocycles. The second-order valence-corrected chi connectivity index (χ2v) is 8.20. The molecule has 0 spiro atoms. The third kappa shape index (κ3) is 4.08. The van der Waals surface area contributed by atoms with Crippen molar-refractivity contribution in [3.05, 3.63) is 82.2 Å². The molecule has 0 radical (unpaired) electrons. The number of para-hydroxylation sites is 1. The molecule has 0 atom stereocenters. The van der Waals surface area contributed by atoms with E-state index in [9.17, 15) is 4.79 Å². The molecule has 1 amide bonds. The van der Waals surface area contributed by atoms with Crippen molar-refractivity contribution >= 4 is 22.6 Å². The van der Waals surface area contributed by atoms with Gasteiger partial charge in [-0.05, 0) is 75.9 Å². The minimum Gasteiger partial charge on any atom is -0.326 e. The third-order valence-corrected chi connectivity index (χ3v) is 5.87. The highest BCUT2D eigenvalue weighted by Gasteiger charge is 2.18. The number of hydrogen-bond donors (Lipinski definition) is 1. The molecule has 0 saturated heterocycles. The molecule has 4 aromatic rings. The lowest BCUT2D eigenvalue weighted by molar-refractivity contribution is -0.116. The molecule has 1 N–H and O–H groups in total. The molecule has 0 aliphatic heterocycles. The number of nitrogens with one attached hydrogen (secondary N) is 1. The lowest BCUT2D eigenvalue weighted by atomic mass is 9.99. The molecular formula is C26H28N4O. The van der Waals surface area contributed by atoms with Crippen molar-refractivity contribution < 1.29 is 4.79 Å². The number of rotatable bonds is 5. The van der Waals surface area contributed by atoms with Crippen molar-refractivity contribution in [2.45, 2.75) is 47.5 Å². The fourth-order valence-electron chi connectivity index (χ4n) is 4.10. The maximum absolute atomic E-state index is 12.6. The van der Waals surface area contributed by atoms with Gasteiger partial charge in [0, 0.05) is 23.2 Å². The van der Waals surface area contributed by atoms with Crippen molar-refractivity contribution in [1.82, 2.24) is 14.8 Å². The summed E-state index contributed by atoms with van der Waals surface area (Å²) < 4.78 is 1.92. The Morgan fingerprint density at radius 3 is 2.35 bits per heavy atom. The number of aryl methyl sites for hydroxylation is 5. The maximum Gasteiger partial charge on any atom is 0.224 e. The molecular weight excluding hydrogens is 384 g/mol. The predicted octanol–water partition coefficient (Wildman–Crippen LogP) is 5.53. The van der Waals surface area contributed by atoms with Crippen LogP contribution in [0.1, 0.15) is 40.1 Å². The molecule has 0 aliphatic carbocycles. The van der Waals surface area contributed by atoms with Gasteiger partial charge >= 0.3 is 0 Å². The zero-order valence-corrected chi connectivity index (χ0v) is 18.8. The Hall–Kier alpha value is -3.47. The van der Waals surface area contributed by atoms with Crippen LogP contribution >= 0.6 is 0 Å². The van der Waals surface area contributed by atoms with E-state index in [-0.39, 0.29) is 5.91 Å². The summed E-state index contributed by atoms with van der Waals surface area (Å²) in [5.74, 6) is 0.0141. The topological polar surface area (TPSA) is 59.8 Å². The molecule has 0 unspecified atom stereocenters. The Morgan fingerprint density at radius 2 is 1.65 bits per heavy atom. The van der Waals surface area contributed by atoms with Crippen molar-refractivity contribution in [3.63, 3.8) is 0 Å². The molecule has 5 heteroatoms. The van der Waals surface area contributed by atoms with Gasteiger partial charge in [0.15, 0.2) is 5.65 Å². The van der Waals surface area contributed by atoms with Gasteiger partial charge < -0.3 is 5.32 Å². The summed E-state index contributed by atoms with van der Waals surface area (Å²) in [6.07, 6.45) is 1.06. The quantitative estimate of drug-likeness (QED) is 0.469. The first-order valence-electron chi connectivity index (χ1n) is 10.6. The molecule has 0 saturated carbocycles. The Morgan fingerprint density at radius 1 is 0.935 bits per heavy atom. The van der Waals surface area contributed by atoms with Crippen LogP contribution in [-0.2, 0) is 11.2 Å². The smallest absolute Gasteiger partial charge is 0.224 e. The van der Waals surface area contributed by atoms with Gasteiger partial charge in [0.05, 0.1) is 11.4 Å². The Balaban J connectivity index is 1.62. The van der Waals surface area contributed by atoms with Crippen LogP contribution in [0.4, 0.5) is 5.69 Å². The van der Waals surface area contributed by atoms with E-state index in [1.54, 1.807) is 0 Å². The lowest BCUT2D eigenvalue weighted by Crippen LogP contribution is -2.14. The van der Waals surface area contributed by atoms with E-state index in [0.29, 0.717) is 12.8 Å². The predicted molar refractivity (Wildman–Crippen MR) is 126 cm³/mol. The third-order valence-electron chi connectivity index (χ3n) is 5.87.